The molecule has 148 valence electrons. The number of hydrogen-bond donors (Lipinski definition) is 1. The van der Waals surface area contributed by atoms with E-state index in [4.69, 9.17) is 14.2 Å². The summed E-state index contributed by atoms with van der Waals surface area (Å²) < 4.78 is 14.6. The van der Waals surface area contributed by atoms with E-state index in [-0.39, 0.29) is 12.6 Å². The van der Waals surface area contributed by atoms with Gasteiger partial charge >= 0.3 is 18.0 Å². The fourth-order valence-electron chi connectivity index (χ4n) is 3.33. The molecule has 0 aliphatic carbocycles. The number of rotatable bonds is 6. The van der Waals surface area contributed by atoms with E-state index in [1.807, 2.05) is 0 Å². The second kappa shape index (κ2) is 9.20. The van der Waals surface area contributed by atoms with E-state index in [0.29, 0.717) is 42.7 Å². The van der Waals surface area contributed by atoms with Crippen molar-refractivity contribution in [2.75, 3.05) is 27.9 Å². The molecule has 2 unspecified atom stereocenters. The van der Waals surface area contributed by atoms with Gasteiger partial charge in [-0.3, -0.25) is 4.79 Å². The number of carbonyl (C=O) groups excluding carboxylic acids is 2. The molecule has 1 fully saturated rings. The molecule has 1 saturated heterocycles. The van der Waals surface area contributed by atoms with E-state index >= 15 is 0 Å². The first kappa shape index (κ1) is 20.5. The monoisotopic (exact) mass is 380 g/mol. The SMILES string of the molecule is COC(=O)c1cnc(OC)cc1CCC1CCC(C(=O)OC)CN1C(=O)O. The number of aryl methyl sites for hydroxylation is 1. The van der Waals surface area contributed by atoms with E-state index in [1.165, 1.54) is 32.4 Å². The lowest BCUT2D eigenvalue weighted by molar-refractivity contribution is -0.147. The number of hydrogen-bond acceptors (Lipinski definition) is 7. The second-order valence-electron chi connectivity index (χ2n) is 6.30. The van der Waals surface area contributed by atoms with Gasteiger partial charge in [0, 0.05) is 24.8 Å². The number of esters is 2. The summed E-state index contributed by atoms with van der Waals surface area (Å²) in [6.45, 7) is 0.107. The largest absolute Gasteiger partial charge is 0.481 e. The first-order valence-corrected chi connectivity index (χ1v) is 8.59. The van der Waals surface area contributed by atoms with Gasteiger partial charge in [-0.1, -0.05) is 0 Å². The molecule has 0 bridgehead atoms. The molecule has 9 heteroatoms. The quantitative estimate of drug-likeness (QED) is 0.742. The third-order valence-electron chi connectivity index (χ3n) is 4.81. The molecule has 1 aromatic heterocycles. The van der Waals surface area contributed by atoms with Crippen LogP contribution in [0, 0.1) is 5.92 Å². The summed E-state index contributed by atoms with van der Waals surface area (Å²) in [5.41, 5.74) is 0.998. The predicted molar refractivity (Wildman–Crippen MR) is 93.7 cm³/mol. The molecule has 1 N–H and O–H groups in total. The number of methoxy groups -OCH3 is 3. The minimum absolute atomic E-state index is 0.107. The third kappa shape index (κ3) is 4.87. The maximum Gasteiger partial charge on any atom is 0.407 e. The Hall–Kier alpha value is -2.84. The van der Waals surface area contributed by atoms with Crippen LogP contribution in [0.25, 0.3) is 0 Å². The summed E-state index contributed by atoms with van der Waals surface area (Å²) in [5, 5.41) is 9.51. The van der Waals surface area contributed by atoms with Gasteiger partial charge in [-0.15, -0.1) is 0 Å². The van der Waals surface area contributed by atoms with Crippen molar-refractivity contribution in [2.45, 2.75) is 31.7 Å². The van der Waals surface area contributed by atoms with Crippen molar-refractivity contribution in [3.63, 3.8) is 0 Å². The topological polar surface area (TPSA) is 115 Å². The molecule has 1 amide bonds. The van der Waals surface area contributed by atoms with Gasteiger partial charge in [0.1, 0.15) is 0 Å². The Kier molecular flexibility index (Phi) is 6.98. The molecule has 0 spiro atoms. The van der Waals surface area contributed by atoms with Crippen LogP contribution >= 0.6 is 0 Å². The Morgan fingerprint density at radius 3 is 2.56 bits per heavy atom. The van der Waals surface area contributed by atoms with Crippen molar-refractivity contribution in [3.05, 3.63) is 23.4 Å². The Labute approximate surface area is 157 Å². The van der Waals surface area contributed by atoms with E-state index in [9.17, 15) is 19.5 Å². The number of carbonyl (C=O) groups is 3. The standard InChI is InChI=1S/C18H24N2O7/c1-25-15-8-11(14(9-19-15)17(22)27-3)4-6-13-7-5-12(16(21)26-2)10-20(13)18(23)24/h8-9,12-13H,4-7,10H2,1-3H3,(H,23,24). The zero-order valence-corrected chi connectivity index (χ0v) is 15.6. The number of pyridine rings is 1. The van der Waals surface area contributed by atoms with Crippen LogP contribution in [0.5, 0.6) is 5.88 Å². The number of carboxylic acid groups (broad SMARTS) is 1. The van der Waals surface area contributed by atoms with Crippen molar-refractivity contribution >= 4 is 18.0 Å². The molecule has 2 atom stereocenters. The highest BCUT2D eigenvalue weighted by Crippen LogP contribution is 2.27. The fraction of sp³-hybridized carbons (Fsp3) is 0.556. The van der Waals surface area contributed by atoms with Crippen LogP contribution in [-0.2, 0) is 20.7 Å². The molecule has 2 rings (SSSR count). The van der Waals surface area contributed by atoms with Gasteiger partial charge in [0.25, 0.3) is 0 Å². The minimum atomic E-state index is -1.07. The van der Waals surface area contributed by atoms with Crippen LogP contribution in [-0.4, -0.2) is 66.9 Å². The van der Waals surface area contributed by atoms with Gasteiger partial charge in [0.2, 0.25) is 5.88 Å². The van der Waals surface area contributed by atoms with Gasteiger partial charge in [-0.25, -0.2) is 14.6 Å². The van der Waals surface area contributed by atoms with Crippen molar-refractivity contribution in [1.29, 1.82) is 0 Å². The van der Waals surface area contributed by atoms with Gasteiger partial charge in [0.15, 0.2) is 0 Å². The molecule has 0 radical (unpaired) electrons. The lowest BCUT2D eigenvalue weighted by Gasteiger charge is -2.37. The Balaban J connectivity index is 2.14. The normalized spacial score (nSPS) is 19.3. The number of nitrogens with zero attached hydrogens (tertiary/aromatic N) is 2. The van der Waals surface area contributed by atoms with Crippen LogP contribution < -0.4 is 4.74 Å². The van der Waals surface area contributed by atoms with Crippen molar-refractivity contribution < 1.29 is 33.7 Å². The first-order valence-electron chi connectivity index (χ1n) is 8.59. The smallest absolute Gasteiger partial charge is 0.407 e. The minimum Gasteiger partial charge on any atom is -0.481 e. The molecule has 0 saturated carbocycles. The maximum atomic E-state index is 11.9. The molecule has 1 aromatic rings. The zero-order valence-electron chi connectivity index (χ0n) is 15.6. The number of aromatic nitrogens is 1. The van der Waals surface area contributed by atoms with Crippen LogP contribution in [0.1, 0.15) is 35.2 Å². The zero-order chi connectivity index (χ0) is 20.0. The highest BCUT2D eigenvalue weighted by atomic mass is 16.5. The summed E-state index contributed by atoms with van der Waals surface area (Å²) in [7, 11) is 4.06. The Morgan fingerprint density at radius 1 is 1.22 bits per heavy atom. The summed E-state index contributed by atoms with van der Waals surface area (Å²) in [5.74, 6) is -0.993. The molecular weight excluding hydrogens is 356 g/mol. The molecule has 27 heavy (non-hydrogen) atoms. The first-order chi connectivity index (χ1) is 12.9. The number of amides is 1. The summed E-state index contributed by atoms with van der Waals surface area (Å²) in [6.07, 6.45) is 2.36. The number of ether oxygens (including phenoxy) is 3. The average molecular weight is 380 g/mol. The van der Waals surface area contributed by atoms with E-state index in [2.05, 4.69) is 4.98 Å². The predicted octanol–water partition coefficient (Wildman–Crippen LogP) is 1.74. The molecule has 9 nitrogen and oxygen atoms in total. The summed E-state index contributed by atoms with van der Waals surface area (Å²) in [6, 6.07) is 1.39. The van der Waals surface area contributed by atoms with Gasteiger partial charge in [-0.05, 0) is 31.2 Å². The van der Waals surface area contributed by atoms with Crippen LogP contribution in [0.2, 0.25) is 0 Å². The molecule has 0 aromatic carbocycles. The molecule has 2 heterocycles. The van der Waals surface area contributed by atoms with Gasteiger partial charge in [-0.2, -0.15) is 0 Å². The number of likely N-dealkylation sites (tertiary alicyclic amines) is 1. The van der Waals surface area contributed by atoms with E-state index in [0.717, 1.165) is 0 Å². The highest BCUT2D eigenvalue weighted by Gasteiger charge is 2.35. The fourth-order valence-corrected chi connectivity index (χ4v) is 3.33. The van der Waals surface area contributed by atoms with Crippen molar-refractivity contribution in [1.82, 2.24) is 9.88 Å². The third-order valence-corrected chi connectivity index (χ3v) is 4.81. The van der Waals surface area contributed by atoms with Crippen LogP contribution in [0.3, 0.4) is 0 Å². The average Bonchev–Trinajstić information content (AvgIpc) is 2.70. The maximum absolute atomic E-state index is 11.9. The Bertz CT molecular complexity index is 707. The molecule has 1 aliphatic rings. The van der Waals surface area contributed by atoms with Crippen molar-refractivity contribution in [3.8, 4) is 5.88 Å². The van der Waals surface area contributed by atoms with Crippen molar-refractivity contribution in [2.24, 2.45) is 5.92 Å². The molecule has 1 aliphatic heterocycles. The lowest BCUT2D eigenvalue weighted by Crippen LogP contribution is -2.48. The van der Waals surface area contributed by atoms with E-state index < -0.39 is 23.9 Å². The van der Waals surface area contributed by atoms with E-state index in [1.54, 1.807) is 6.07 Å². The van der Waals surface area contributed by atoms with Crippen LogP contribution in [0.4, 0.5) is 4.79 Å². The highest BCUT2D eigenvalue weighted by molar-refractivity contribution is 5.90. The van der Waals surface area contributed by atoms with Gasteiger partial charge in [0.05, 0.1) is 32.8 Å². The van der Waals surface area contributed by atoms with Gasteiger partial charge < -0.3 is 24.2 Å². The summed E-state index contributed by atoms with van der Waals surface area (Å²) >= 11 is 0. The second-order valence-corrected chi connectivity index (χ2v) is 6.30. The Morgan fingerprint density at radius 2 is 1.96 bits per heavy atom. The molecular formula is C18H24N2O7. The van der Waals surface area contributed by atoms with Crippen LogP contribution in [0.15, 0.2) is 12.3 Å². The summed E-state index contributed by atoms with van der Waals surface area (Å²) in [4.78, 5) is 40.6. The lowest BCUT2D eigenvalue weighted by atomic mass is 9.89. The number of piperidine rings is 1.